The van der Waals surface area contributed by atoms with Crippen LogP contribution in [-0.4, -0.2) is 26.7 Å². The van der Waals surface area contributed by atoms with Gasteiger partial charge in [-0.15, -0.1) is 0 Å². The minimum Gasteiger partial charge on any atom is -0.409 e. The second-order valence-corrected chi connectivity index (χ2v) is 4.49. The van der Waals surface area contributed by atoms with Gasteiger partial charge in [0.25, 0.3) is 0 Å². The SMILES string of the molecule is CCn1cc(NC(=O)Cc2ccc(C(N)=NO)cc2)cn1. The number of hydrogen-bond donors (Lipinski definition) is 3. The van der Waals surface area contributed by atoms with E-state index in [4.69, 9.17) is 10.9 Å². The van der Waals surface area contributed by atoms with Gasteiger partial charge in [0.2, 0.25) is 5.91 Å². The van der Waals surface area contributed by atoms with E-state index in [9.17, 15) is 4.79 Å². The topological polar surface area (TPSA) is 106 Å². The molecule has 0 radical (unpaired) electrons. The largest absolute Gasteiger partial charge is 0.409 e. The first-order valence-electron chi connectivity index (χ1n) is 6.51. The van der Waals surface area contributed by atoms with Crippen molar-refractivity contribution in [1.29, 1.82) is 0 Å². The average Bonchev–Trinajstić information content (AvgIpc) is 2.94. The molecule has 0 unspecified atom stereocenters. The number of nitrogens with one attached hydrogen (secondary N) is 1. The van der Waals surface area contributed by atoms with E-state index in [2.05, 4.69) is 15.6 Å². The predicted octanol–water partition coefficient (Wildman–Crippen LogP) is 1.18. The fourth-order valence-corrected chi connectivity index (χ4v) is 1.84. The number of oxime groups is 1. The fourth-order valence-electron chi connectivity index (χ4n) is 1.84. The molecule has 0 aliphatic rings. The van der Waals surface area contributed by atoms with Gasteiger partial charge in [-0.25, -0.2) is 0 Å². The van der Waals surface area contributed by atoms with Crippen LogP contribution in [0.1, 0.15) is 18.1 Å². The van der Waals surface area contributed by atoms with Gasteiger partial charge in [0.1, 0.15) is 0 Å². The lowest BCUT2D eigenvalue weighted by Gasteiger charge is -2.04. The standard InChI is InChI=1S/C14H17N5O2/c1-2-19-9-12(8-16-19)17-13(20)7-10-3-5-11(6-4-10)14(15)18-21/h3-6,8-9,21H,2,7H2,1H3,(H2,15,18)(H,17,20). The summed E-state index contributed by atoms with van der Waals surface area (Å²) in [7, 11) is 0. The maximum atomic E-state index is 11.9. The summed E-state index contributed by atoms with van der Waals surface area (Å²) in [6.45, 7) is 2.73. The number of benzene rings is 1. The number of carbonyl (C=O) groups excluding carboxylic acids is 1. The lowest BCUT2D eigenvalue weighted by atomic mass is 10.1. The summed E-state index contributed by atoms with van der Waals surface area (Å²) in [5.41, 5.74) is 7.59. The maximum Gasteiger partial charge on any atom is 0.228 e. The number of amides is 1. The highest BCUT2D eigenvalue weighted by Crippen LogP contribution is 2.08. The summed E-state index contributed by atoms with van der Waals surface area (Å²) in [6, 6.07) is 6.93. The molecule has 7 nitrogen and oxygen atoms in total. The molecule has 1 aromatic heterocycles. The van der Waals surface area contributed by atoms with E-state index in [1.165, 1.54) is 0 Å². The van der Waals surface area contributed by atoms with Crippen LogP contribution >= 0.6 is 0 Å². The molecule has 1 amide bonds. The predicted molar refractivity (Wildman–Crippen MR) is 79.2 cm³/mol. The molecule has 0 bridgehead atoms. The number of amidine groups is 1. The zero-order valence-corrected chi connectivity index (χ0v) is 11.7. The molecule has 1 aromatic carbocycles. The van der Waals surface area contributed by atoms with Crippen LogP contribution in [0.25, 0.3) is 0 Å². The summed E-state index contributed by atoms with van der Waals surface area (Å²) >= 11 is 0. The van der Waals surface area contributed by atoms with Gasteiger partial charge in [-0.1, -0.05) is 29.4 Å². The first kappa shape index (κ1) is 14.6. The molecule has 0 aliphatic heterocycles. The van der Waals surface area contributed by atoms with E-state index >= 15 is 0 Å². The molecule has 1 heterocycles. The van der Waals surface area contributed by atoms with E-state index in [1.807, 2.05) is 6.92 Å². The van der Waals surface area contributed by atoms with Crippen molar-refractivity contribution in [1.82, 2.24) is 9.78 Å². The quantitative estimate of drug-likeness (QED) is 0.332. The first-order valence-corrected chi connectivity index (χ1v) is 6.51. The molecule has 0 spiro atoms. The van der Waals surface area contributed by atoms with Gasteiger partial charge in [0.15, 0.2) is 5.84 Å². The van der Waals surface area contributed by atoms with Gasteiger partial charge < -0.3 is 16.3 Å². The number of carbonyl (C=O) groups is 1. The minimum atomic E-state index is -0.123. The third-order valence-corrected chi connectivity index (χ3v) is 2.96. The van der Waals surface area contributed by atoms with E-state index in [-0.39, 0.29) is 18.2 Å². The fraction of sp³-hybridized carbons (Fsp3) is 0.214. The van der Waals surface area contributed by atoms with Crippen molar-refractivity contribution < 1.29 is 10.0 Å². The van der Waals surface area contributed by atoms with Gasteiger partial charge in [-0.3, -0.25) is 9.48 Å². The second-order valence-electron chi connectivity index (χ2n) is 4.49. The Bertz CT molecular complexity index is 646. The number of anilines is 1. The lowest BCUT2D eigenvalue weighted by molar-refractivity contribution is -0.115. The van der Waals surface area contributed by atoms with Crippen molar-refractivity contribution in [2.45, 2.75) is 19.9 Å². The first-order chi connectivity index (χ1) is 10.1. The molecule has 2 rings (SSSR count). The number of rotatable bonds is 5. The second kappa shape index (κ2) is 6.56. The molecule has 21 heavy (non-hydrogen) atoms. The Hall–Kier alpha value is -2.83. The Morgan fingerprint density at radius 1 is 1.43 bits per heavy atom. The van der Waals surface area contributed by atoms with Crippen LogP contribution in [0.4, 0.5) is 5.69 Å². The number of aryl methyl sites for hydroxylation is 1. The maximum absolute atomic E-state index is 11.9. The van der Waals surface area contributed by atoms with Crippen molar-refractivity contribution in [2.75, 3.05) is 5.32 Å². The van der Waals surface area contributed by atoms with Gasteiger partial charge in [-0.05, 0) is 12.5 Å². The molecule has 0 atom stereocenters. The zero-order chi connectivity index (χ0) is 15.2. The average molecular weight is 287 g/mol. The van der Waals surface area contributed by atoms with Crippen LogP contribution in [0.15, 0.2) is 41.8 Å². The molecule has 0 saturated heterocycles. The Kier molecular flexibility index (Phi) is 4.55. The van der Waals surface area contributed by atoms with Crippen LogP contribution in [0, 0.1) is 0 Å². The number of nitrogens with two attached hydrogens (primary N) is 1. The Balaban J connectivity index is 1.96. The van der Waals surface area contributed by atoms with Gasteiger partial charge in [0.05, 0.1) is 18.3 Å². The number of aromatic nitrogens is 2. The highest BCUT2D eigenvalue weighted by atomic mass is 16.4. The molecule has 110 valence electrons. The number of hydrogen-bond acceptors (Lipinski definition) is 4. The molecule has 2 aromatic rings. The number of nitrogens with zero attached hydrogens (tertiary/aromatic N) is 3. The summed E-state index contributed by atoms with van der Waals surface area (Å²) < 4.78 is 1.74. The Morgan fingerprint density at radius 2 is 2.14 bits per heavy atom. The summed E-state index contributed by atoms with van der Waals surface area (Å²) in [5.74, 6) is -0.0832. The van der Waals surface area contributed by atoms with E-state index in [0.717, 1.165) is 12.1 Å². The Morgan fingerprint density at radius 3 is 2.71 bits per heavy atom. The molecule has 0 fully saturated rings. The molecular formula is C14H17N5O2. The zero-order valence-electron chi connectivity index (χ0n) is 11.7. The highest BCUT2D eigenvalue weighted by molar-refractivity contribution is 5.97. The Labute approximate surface area is 122 Å². The normalized spacial score (nSPS) is 11.4. The van der Waals surface area contributed by atoms with Crippen molar-refractivity contribution >= 4 is 17.4 Å². The molecule has 7 heteroatoms. The third kappa shape index (κ3) is 3.82. The lowest BCUT2D eigenvalue weighted by Crippen LogP contribution is -2.15. The molecule has 0 aliphatic carbocycles. The molecular weight excluding hydrogens is 270 g/mol. The summed E-state index contributed by atoms with van der Waals surface area (Å²) in [5, 5.41) is 18.4. The van der Waals surface area contributed by atoms with Gasteiger partial charge in [0, 0.05) is 18.3 Å². The van der Waals surface area contributed by atoms with E-state index in [1.54, 1.807) is 41.3 Å². The van der Waals surface area contributed by atoms with E-state index in [0.29, 0.717) is 11.3 Å². The summed E-state index contributed by atoms with van der Waals surface area (Å²) in [4.78, 5) is 11.9. The highest BCUT2D eigenvalue weighted by Gasteiger charge is 2.06. The summed E-state index contributed by atoms with van der Waals surface area (Å²) in [6.07, 6.45) is 3.63. The van der Waals surface area contributed by atoms with Crippen molar-refractivity contribution in [3.05, 3.63) is 47.8 Å². The van der Waals surface area contributed by atoms with Crippen LogP contribution in [0.2, 0.25) is 0 Å². The van der Waals surface area contributed by atoms with Crippen LogP contribution in [0.5, 0.6) is 0 Å². The van der Waals surface area contributed by atoms with Crippen molar-refractivity contribution in [2.24, 2.45) is 10.9 Å². The van der Waals surface area contributed by atoms with E-state index < -0.39 is 0 Å². The van der Waals surface area contributed by atoms with Gasteiger partial charge >= 0.3 is 0 Å². The smallest absolute Gasteiger partial charge is 0.228 e. The van der Waals surface area contributed by atoms with Crippen LogP contribution in [-0.2, 0) is 17.8 Å². The van der Waals surface area contributed by atoms with Crippen molar-refractivity contribution in [3.63, 3.8) is 0 Å². The monoisotopic (exact) mass is 287 g/mol. The molecule has 0 saturated carbocycles. The third-order valence-electron chi connectivity index (χ3n) is 2.96. The van der Waals surface area contributed by atoms with Crippen LogP contribution < -0.4 is 11.1 Å². The van der Waals surface area contributed by atoms with Gasteiger partial charge in [-0.2, -0.15) is 5.10 Å². The minimum absolute atomic E-state index is 0.0398. The van der Waals surface area contributed by atoms with Crippen LogP contribution in [0.3, 0.4) is 0 Å². The molecule has 4 N–H and O–H groups in total. The van der Waals surface area contributed by atoms with Crippen molar-refractivity contribution in [3.8, 4) is 0 Å².